The van der Waals surface area contributed by atoms with Gasteiger partial charge in [0.25, 0.3) is 0 Å². The van der Waals surface area contributed by atoms with E-state index < -0.39 is 0 Å². The average molecular weight is 544 g/mol. The number of piperazine rings is 1. The number of ether oxygens (including phenoxy) is 1. The van der Waals surface area contributed by atoms with E-state index in [4.69, 9.17) is 9.72 Å². The minimum Gasteiger partial charge on any atom is -0.379 e. The third-order valence-electron chi connectivity index (χ3n) is 8.27. The van der Waals surface area contributed by atoms with Crippen molar-refractivity contribution in [3.8, 4) is 0 Å². The van der Waals surface area contributed by atoms with Gasteiger partial charge in [0, 0.05) is 69.0 Å². The Hall–Kier alpha value is -3.40. The number of aryl methyl sites for hydroxylation is 1. The van der Waals surface area contributed by atoms with Crippen LogP contribution in [-0.2, 0) is 17.7 Å². The summed E-state index contributed by atoms with van der Waals surface area (Å²) in [6.45, 7) is 13.5. The molecule has 9 heteroatoms. The Morgan fingerprint density at radius 1 is 0.950 bits per heavy atom. The van der Waals surface area contributed by atoms with Gasteiger partial charge < -0.3 is 19.9 Å². The molecule has 2 aromatic carbocycles. The van der Waals surface area contributed by atoms with Crippen LogP contribution in [0.4, 0.5) is 27.4 Å². The molecule has 0 amide bonds. The van der Waals surface area contributed by atoms with Gasteiger partial charge in [0.2, 0.25) is 5.95 Å². The van der Waals surface area contributed by atoms with Gasteiger partial charge in [-0.05, 0) is 48.4 Å². The summed E-state index contributed by atoms with van der Waals surface area (Å²) >= 11 is 0. The van der Waals surface area contributed by atoms with Crippen LogP contribution in [0.3, 0.4) is 0 Å². The summed E-state index contributed by atoms with van der Waals surface area (Å²) in [4.78, 5) is 21.1. The van der Waals surface area contributed by atoms with E-state index in [1.54, 1.807) is 12.3 Å². The van der Waals surface area contributed by atoms with Crippen molar-refractivity contribution < 1.29 is 9.13 Å². The number of nitrogens with zero attached hydrogens (tertiary/aromatic N) is 6. The fourth-order valence-corrected chi connectivity index (χ4v) is 5.82. The number of hydrogen-bond donors (Lipinski definition) is 1. The molecule has 2 fully saturated rings. The highest BCUT2D eigenvalue weighted by Crippen LogP contribution is 2.36. The minimum atomic E-state index is -0.208. The van der Waals surface area contributed by atoms with Crippen molar-refractivity contribution in [3.63, 3.8) is 0 Å². The number of rotatable bonds is 8. The van der Waals surface area contributed by atoms with Crippen LogP contribution < -0.4 is 10.2 Å². The third-order valence-corrected chi connectivity index (χ3v) is 8.27. The van der Waals surface area contributed by atoms with Crippen LogP contribution in [0, 0.1) is 5.82 Å². The summed E-state index contributed by atoms with van der Waals surface area (Å²) in [7, 11) is 0. The van der Waals surface area contributed by atoms with Crippen LogP contribution in [0.2, 0.25) is 0 Å². The Labute approximate surface area is 235 Å². The Morgan fingerprint density at radius 2 is 1.77 bits per heavy atom. The first-order valence-electron chi connectivity index (χ1n) is 14.5. The third kappa shape index (κ3) is 5.73. The van der Waals surface area contributed by atoms with Crippen LogP contribution in [0.1, 0.15) is 42.1 Å². The number of aliphatic imine (C=N–C) groups is 1. The van der Waals surface area contributed by atoms with E-state index >= 15 is 4.39 Å². The molecule has 1 aromatic heterocycles. The van der Waals surface area contributed by atoms with Crippen LogP contribution in [0.25, 0.3) is 0 Å². The Morgan fingerprint density at radius 3 is 2.52 bits per heavy atom. The molecule has 2 saturated heterocycles. The van der Waals surface area contributed by atoms with E-state index in [0.29, 0.717) is 31.3 Å². The van der Waals surface area contributed by atoms with Crippen LogP contribution >= 0.6 is 0 Å². The van der Waals surface area contributed by atoms with Crippen LogP contribution in [-0.4, -0.2) is 85.0 Å². The lowest BCUT2D eigenvalue weighted by molar-refractivity contribution is 0.0337. The lowest BCUT2D eigenvalue weighted by Gasteiger charge is -2.36. The van der Waals surface area contributed by atoms with Crippen LogP contribution in [0.15, 0.2) is 47.6 Å². The highest BCUT2D eigenvalue weighted by molar-refractivity contribution is 5.83. The molecule has 0 saturated carbocycles. The monoisotopic (exact) mass is 543 g/mol. The zero-order valence-corrected chi connectivity index (χ0v) is 23.4. The predicted octanol–water partition coefficient (Wildman–Crippen LogP) is 4.74. The molecule has 1 unspecified atom stereocenters. The normalized spacial score (nSPS) is 19.7. The SMILES string of the molecule is CCc1cc(Nc2ncc3c(n2)C(c2ccc(CN4CCOCC4)c(F)c2)C=N3)ccc1N1CCN(CC)CC1. The lowest BCUT2D eigenvalue weighted by atomic mass is 9.96. The fourth-order valence-electron chi connectivity index (χ4n) is 5.82. The highest BCUT2D eigenvalue weighted by Gasteiger charge is 2.25. The molecular formula is C31H38FN7O. The fraction of sp³-hybridized carbons (Fsp3) is 0.452. The molecule has 210 valence electrons. The second-order valence-corrected chi connectivity index (χ2v) is 10.7. The first kappa shape index (κ1) is 26.8. The van der Waals surface area contributed by atoms with Gasteiger partial charge in [-0.3, -0.25) is 9.89 Å². The number of morpholine rings is 1. The van der Waals surface area contributed by atoms with Gasteiger partial charge in [-0.25, -0.2) is 14.4 Å². The molecule has 3 aliphatic rings. The molecule has 6 rings (SSSR count). The molecule has 0 bridgehead atoms. The first-order chi connectivity index (χ1) is 19.6. The van der Waals surface area contributed by atoms with Gasteiger partial charge in [-0.15, -0.1) is 0 Å². The molecule has 3 aromatic rings. The van der Waals surface area contributed by atoms with Gasteiger partial charge in [0.15, 0.2) is 0 Å². The van der Waals surface area contributed by atoms with Crippen molar-refractivity contribution in [2.45, 2.75) is 32.7 Å². The number of hydrogen-bond acceptors (Lipinski definition) is 8. The molecule has 0 aliphatic carbocycles. The number of aromatic nitrogens is 2. The zero-order chi connectivity index (χ0) is 27.5. The second kappa shape index (κ2) is 12.0. The molecule has 1 N–H and O–H groups in total. The molecule has 3 aliphatic heterocycles. The lowest BCUT2D eigenvalue weighted by Crippen LogP contribution is -2.46. The molecular weight excluding hydrogens is 505 g/mol. The molecule has 0 spiro atoms. The summed E-state index contributed by atoms with van der Waals surface area (Å²) in [5.74, 6) is 0.118. The first-order valence-corrected chi connectivity index (χ1v) is 14.5. The largest absolute Gasteiger partial charge is 0.379 e. The maximum atomic E-state index is 15.1. The summed E-state index contributed by atoms with van der Waals surface area (Å²) in [5, 5.41) is 3.40. The van der Waals surface area contributed by atoms with Crippen molar-refractivity contribution >= 4 is 29.2 Å². The van der Waals surface area contributed by atoms with Gasteiger partial charge in [0.1, 0.15) is 11.5 Å². The quantitative estimate of drug-likeness (QED) is 0.440. The molecule has 4 heterocycles. The summed E-state index contributed by atoms with van der Waals surface area (Å²) in [6.07, 6.45) is 4.53. The smallest absolute Gasteiger partial charge is 0.227 e. The number of likely N-dealkylation sites (N-methyl/N-ethyl adjacent to an activating group) is 1. The van der Waals surface area contributed by atoms with Gasteiger partial charge in [0.05, 0.1) is 31.0 Å². The van der Waals surface area contributed by atoms with Crippen molar-refractivity contribution in [1.82, 2.24) is 19.8 Å². The number of fused-ring (bicyclic) bond motifs is 1. The van der Waals surface area contributed by atoms with E-state index in [0.717, 1.165) is 74.9 Å². The van der Waals surface area contributed by atoms with E-state index in [1.165, 1.54) is 11.3 Å². The Balaban J connectivity index is 1.17. The van der Waals surface area contributed by atoms with Crippen molar-refractivity contribution in [3.05, 3.63) is 70.8 Å². The zero-order valence-electron chi connectivity index (χ0n) is 23.4. The number of anilines is 3. The van der Waals surface area contributed by atoms with Crippen LogP contribution in [0.5, 0.6) is 0 Å². The standard InChI is InChI=1S/C31H38FN7O/c1-3-22-17-25(7-8-29(22)39-11-9-37(4-2)10-12-39)35-31-34-20-28-30(36-31)26(19-33-28)23-5-6-24(27(32)18-23)21-38-13-15-40-16-14-38/h5-8,17-20,26H,3-4,9-16,21H2,1-2H3,(H,34,35,36). The second-order valence-electron chi connectivity index (χ2n) is 10.7. The molecule has 0 radical (unpaired) electrons. The summed E-state index contributed by atoms with van der Waals surface area (Å²) in [6, 6.07) is 12.0. The van der Waals surface area contributed by atoms with E-state index in [1.807, 2.05) is 18.3 Å². The summed E-state index contributed by atoms with van der Waals surface area (Å²) < 4.78 is 20.5. The van der Waals surface area contributed by atoms with E-state index in [9.17, 15) is 0 Å². The topological polar surface area (TPSA) is 69.1 Å². The van der Waals surface area contributed by atoms with E-state index in [2.05, 4.69) is 62.0 Å². The maximum Gasteiger partial charge on any atom is 0.227 e. The molecule has 8 nitrogen and oxygen atoms in total. The maximum absolute atomic E-state index is 15.1. The predicted molar refractivity (Wildman–Crippen MR) is 158 cm³/mol. The van der Waals surface area contributed by atoms with Crippen molar-refractivity contribution in [1.29, 1.82) is 0 Å². The number of halogens is 1. The molecule has 40 heavy (non-hydrogen) atoms. The van der Waals surface area contributed by atoms with Crippen molar-refractivity contribution in [2.24, 2.45) is 4.99 Å². The number of benzene rings is 2. The summed E-state index contributed by atoms with van der Waals surface area (Å²) in [5.41, 5.74) is 6.64. The Bertz CT molecular complexity index is 1370. The molecule has 1 atom stereocenters. The van der Waals surface area contributed by atoms with Gasteiger partial charge in [-0.2, -0.15) is 0 Å². The minimum absolute atomic E-state index is 0.193. The van der Waals surface area contributed by atoms with Crippen molar-refractivity contribution in [2.75, 3.05) is 69.2 Å². The Kier molecular flexibility index (Phi) is 8.04. The average Bonchev–Trinajstić information content (AvgIpc) is 3.42. The number of nitrogens with one attached hydrogen (secondary N) is 1. The van der Waals surface area contributed by atoms with E-state index in [-0.39, 0.29) is 11.7 Å². The van der Waals surface area contributed by atoms with Gasteiger partial charge >= 0.3 is 0 Å². The highest BCUT2D eigenvalue weighted by atomic mass is 19.1. The van der Waals surface area contributed by atoms with Gasteiger partial charge in [-0.1, -0.05) is 26.0 Å².